The zero-order valence-corrected chi connectivity index (χ0v) is 8.05. The number of rotatable bonds is 5. The maximum Gasteiger partial charge on any atom is 0.163 e. The van der Waals surface area contributed by atoms with Crippen LogP contribution in [0.15, 0.2) is 24.3 Å². The van der Waals surface area contributed by atoms with Crippen LogP contribution >= 0.6 is 0 Å². The van der Waals surface area contributed by atoms with E-state index >= 15 is 0 Å². The van der Waals surface area contributed by atoms with Gasteiger partial charge in [-0.05, 0) is 12.5 Å². The van der Waals surface area contributed by atoms with Crippen LogP contribution < -0.4 is 0 Å². The second-order valence-corrected chi connectivity index (χ2v) is 3.16. The van der Waals surface area contributed by atoms with Gasteiger partial charge in [0.05, 0.1) is 0 Å². The average molecular weight is 175 g/mol. The van der Waals surface area contributed by atoms with Crippen molar-refractivity contribution in [2.45, 2.75) is 32.6 Å². The van der Waals surface area contributed by atoms with E-state index in [-0.39, 0.29) is 5.78 Å². The van der Waals surface area contributed by atoms with Crippen molar-refractivity contribution in [1.82, 2.24) is 0 Å². The normalized spacial score (nSPS) is 9.92. The van der Waals surface area contributed by atoms with Crippen molar-refractivity contribution in [2.75, 3.05) is 0 Å². The lowest BCUT2D eigenvalue weighted by atomic mass is 10.1. The Kier molecular flexibility index (Phi) is 4.24. The van der Waals surface area contributed by atoms with Gasteiger partial charge in [-0.3, -0.25) is 4.79 Å². The van der Waals surface area contributed by atoms with Gasteiger partial charge in [-0.1, -0.05) is 44.0 Å². The van der Waals surface area contributed by atoms with Crippen LogP contribution in [0.1, 0.15) is 43.0 Å². The van der Waals surface area contributed by atoms with Gasteiger partial charge in [-0.15, -0.1) is 0 Å². The van der Waals surface area contributed by atoms with E-state index in [0.29, 0.717) is 6.42 Å². The van der Waals surface area contributed by atoms with Crippen LogP contribution in [-0.4, -0.2) is 5.78 Å². The highest BCUT2D eigenvalue weighted by Crippen LogP contribution is 2.06. The van der Waals surface area contributed by atoms with E-state index in [0.717, 1.165) is 24.8 Å². The first-order valence-corrected chi connectivity index (χ1v) is 4.84. The number of hydrogen-bond acceptors (Lipinski definition) is 1. The summed E-state index contributed by atoms with van der Waals surface area (Å²) >= 11 is 0. The number of carbonyl (C=O) groups is 1. The van der Waals surface area contributed by atoms with Crippen LogP contribution in [0.25, 0.3) is 0 Å². The first kappa shape index (κ1) is 9.97. The number of hydrogen-bond donors (Lipinski definition) is 0. The third-order valence-electron chi connectivity index (χ3n) is 2.02. The lowest BCUT2D eigenvalue weighted by molar-refractivity contribution is 0.0979. The van der Waals surface area contributed by atoms with Crippen LogP contribution in [0, 0.1) is 6.07 Å². The largest absolute Gasteiger partial charge is 0.294 e. The summed E-state index contributed by atoms with van der Waals surface area (Å²) in [6.45, 7) is 2.14. The van der Waals surface area contributed by atoms with Gasteiger partial charge < -0.3 is 0 Å². The van der Waals surface area contributed by atoms with Gasteiger partial charge in [0.15, 0.2) is 5.78 Å². The van der Waals surface area contributed by atoms with Gasteiger partial charge >= 0.3 is 0 Å². The van der Waals surface area contributed by atoms with Gasteiger partial charge in [0, 0.05) is 12.0 Å². The van der Waals surface area contributed by atoms with Gasteiger partial charge in [0.1, 0.15) is 0 Å². The highest BCUT2D eigenvalue weighted by atomic mass is 16.1. The first-order chi connectivity index (χ1) is 6.34. The van der Waals surface area contributed by atoms with E-state index in [1.165, 1.54) is 0 Å². The van der Waals surface area contributed by atoms with Crippen LogP contribution in [-0.2, 0) is 0 Å². The monoisotopic (exact) mass is 175 g/mol. The number of ketones is 1. The molecule has 0 fully saturated rings. The van der Waals surface area contributed by atoms with Crippen molar-refractivity contribution < 1.29 is 4.79 Å². The average Bonchev–Trinajstić information content (AvgIpc) is 2.19. The predicted molar refractivity (Wildman–Crippen MR) is 53.8 cm³/mol. The molecule has 0 spiro atoms. The molecule has 1 aromatic rings. The van der Waals surface area contributed by atoms with E-state index in [1.807, 2.05) is 18.2 Å². The molecule has 13 heavy (non-hydrogen) atoms. The van der Waals surface area contributed by atoms with Crippen molar-refractivity contribution in [3.8, 4) is 0 Å². The second-order valence-electron chi connectivity index (χ2n) is 3.16. The molecule has 0 heterocycles. The Balaban J connectivity index is 2.40. The van der Waals surface area contributed by atoms with Gasteiger partial charge in [-0.25, -0.2) is 0 Å². The summed E-state index contributed by atoms with van der Waals surface area (Å²) in [5, 5.41) is 0. The van der Waals surface area contributed by atoms with E-state index in [4.69, 9.17) is 0 Å². The van der Waals surface area contributed by atoms with Gasteiger partial charge in [-0.2, -0.15) is 0 Å². The zero-order valence-electron chi connectivity index (χ0n) is 8.05. The fraction of sp³-hybridized carbons (Fsp3) is 0.417. The second kappa shape index (κ2) is 5.52. The Morgan fingerprint density at radius 3 is 2.85 bits per heavy atom. The molecule has 1 rings (SSSR count). The van der Waals surface area contributed by atoms with Crippen LogP contribution in [0.3, 0.4) is 0 Å². The molecule has 0 amide bonds. The third kappa shape index (κ3) is 3.41. The summed E-state index contributed by atoms with van der Waals surface area (Å²) in [5.41, 5.74) is 0.721. The summed E-state index contributed by atoms with van der Waals surface area (Å²) < 4.78 is 0. The van der Waals surface area contributed by atoms with Crippen molar-refractivity contribution in [1.29, 1.82) is 0 Å². The standard InChI is InChI=1S/C12H15O/c1-2-3-5-10-12(13)11-8-6-4-7-9-11/h4,6-8H,2-3,5,10H2,1H3. The molecule has 0 atom stereocenters. The van der Waals surface area contributed by atoms with Crippen LogP contribution in [0.4, 0.5) is 0 Å². The van der Waals surface area contributed by atoms with E-state index < -0.39 is 0 Å². The highest BCUT2D eigenvalue weighted by molar-refractivity contribution is 5.95. The lowest BCUT2D eigenvalue weighted by Crippen LogP contribution is -1.98. The third-order valence-corrected chi connectivity index (χ3v) is 2.02. The number of Topliss-reactive ketones (excluding diaryl/α,β-unsaturated/α-hetero) is 1. The highest BCUT2D eigenvalue weighted by Gasteiger charge is 2.03. The molecule has 0 bridgehead atoms. The maximum atomic E-state index is 11.5. The number of benzene rings is 1. The van der Waals surface area contributed by atoms with Gasteiger partial charge in [0.25, 0.3) is 0 Å². The molecule has 1 radical (unpaired) electrons. The van der Waals surface area contributed by atoms with E-state index in [1.54, 1.807) is 6.07 Å². The van der Waals surface area contributed by atoms with Crippen molar-refractivity contribution in [2.24, 2.45) is 0 Å². The minimum Gasteiger partial charge on any atom is -0.294 e. The molecule has 0 unspecified atom stereocenters. The molecule has 0 aliphatic rings. The molecule has 0 saturated carbocycles. The Labute approximate surface area is 79.8 Å². The molecule has 0 saturated heterocycles. The summed E-state index contributed by atoms with van der Waals surface area (Å²) in [5.74, 6) is 0.217. The molecular formula is C12H15O. The Morgan fingerprint density at radius 2 is 2.23 bits per heavy atom. The maximum absolute atomic E-state index is 11.5. The van der Waals surface area contributed by atoms with Crippen molar-refractivity contribution in [3.63, 3.8) is 0 Å². The molecule has 0 aromatic heterocycles. The minimum atomic E-state index is 0.217. The van der Waals surface area contributed by atoms with Crippen LogP contribution in [0.2, 0.25) is 0 Å². The predicted octanol–water partition coefficient (Wildman–Crippen LogP) is 3.25. The number of carbonyl (C=O) groups excluding carboxylic acids is 1. The number of unbranched alkanes of at least 4 members (excludes halogenated alkanes) is 2. The fourth-order valence-electron chi connectivity index (χ4n) is 1.24. The quantitative estimate of drug-likeness (QED) is 0.496. The summed E-state index contributed by atoms with van der Waals surface area (Å²) in [4.78, 5) is 11.5. The zero-order chi connectivity index (χ0) is 9.52. The first-order valence-electron chi connectivity index (χ1n) is 4.84. The van der Waals surface area contributed by atoms with E-state index in [2.05, 4.69) is 13.0 Å². The van der Waals surface area contributed by atoms with Crippen molar-refractivity contribution >= 4 is 5.78 Å². The van der Waals surface area contributed by atoms with Crippen LogP contribution in [0.5, 0.6) is 0 Å². The molecule has 1 nitrogen and oxygen atoms in total. The molecule has 0 N–H and O–H groups in total. The Hall–Kier alpha value is -1.11. The summed E-state index contributed by atoms with van der Waals surface area (Å²) in [7, 11) is 0. The molecule has 1 aromatic carbocycles. The molecule has 0 aliphatic carbocycles. The topological polar surface area (TPSA) is 17.1 Å². The summed E-state index contributed by atoms with van der Waals surface area (Å²) in [6.07, 6.45) is 3.96. The van der Waals surface area contributed by atoms with Gasteiger partial charge in [0.2, 0.25) is 0 Å². The SMILES string of the molecule is CCCCCC(=O)c1[c]cccc1. The molecule has 69 valence electrons. The smallest absolute Gasteiger partial charge is 0.163 e. The van der Waals surface area contributed by atoms with E-state index in [9.17, 15) is 4.79 Å². The molecule has 0 aliphatic heterocycles. The lowest BCUT2D eigenvalue weighted by Gasteiger charge is -1.98. The molecular weight excluding hydrogens is 160 g/mol. The van der Waals surface area contributed by atoms with Crippen molar-refractivity contribution in [3.05, 3.63) is 35.9 Å². The fourth-order valence-corrected chi connectivity index (χ4v) is 1.24. The Bertz CT molecular complexity index is 251. The summed E-state index contributed by atoms with van der Waals surface area (Å²) in [6, 6.07) is 10.3. The molecule has 1 heteroatoms. The Morgan fingerprint density at radius 1 is 1.38 bits per heavy atom. The minimum absolute atomic E-state index is 0.217.